The molecule has 3 aromatic rings. The van der Waals surface area contributed by atoms with Crippen LogP contribution in [-0.2, 0) is 6.42 Å². The summed E-state index contributed by atoms with van der Waals surface area (Å²) in [5.74, 6) is -0.107. The second kappa shape index (κ2) is 4.96. The molecule has 1 aromatic heterocycles. The number of fused-ring (bicyclic) bond motifs is 3. The van der Waals surface area contributed by atoms with Crippen molar-refractivity contribution in [1.29, 1.82) is 0 Å². The lowest BCUT2D eigenvalue weighted by Crippen LogP contribution is -1.92. The van der Waals surface area contributed by atoms with Crippen LogP contribution >= 0.6 is 0 Å². The number of hydrogen-bond donors (Lipinski definition) is 0. The van der Waals surface area contributed by atoms with Crippen molar-refractivity contribution >= 4 is 27.6 Å². The van der Waals surface area contributed by atoms with E-state index in [1.165, 1.54) is 0 Å². The zero-order valence-electron chi connectivity index (χ0n) is 11.3. The van der Waals surface area contributed by atoms with E-state index in [4.69, 9.17) is 4.42 Å². The number of nitrogens with zero attached hydrogens (tertiary/aromatic N) is 1. The second-order valence-corrected chi connectivity index (χ2v) is 4.91. The zero-order valence-corrected chi connectivity index (χ0v) is 11.3. The number of rotatable bonds is 4. The fourth-order valence-corrected chi connectivity index (χ4v) is 2.65. The highest BCUT2D eigenvalue weighted by molar-refractivity contribution is 6.08. The molecule has 0 unspecified atom stereocenters. The molecule has 1 heterocycles. The highest BCUT2D eigenvalue weighted by atomic mass is 16.6. The van der Waals surface area contributed by atoms with Crippen LogP contribution in [-0.4, -0.2) is 4.92 Å². The number of aryl methyl sites for hydroxylation is 1. The van der Waals surface area contributed by atoms with Crippen molar-refractivity contribution < 1.29 is 9.34 Å². The van der Waals surface area contributed by atoms with Gasteiger partial charge in [-0.25, -0.2) is 0 Å². The quantitative estimate of drug-likeness (QED) is 0.503. The highest BCUT2D eigenvalue weighted by Crippen LogP contribution is 2.37. The molecule has 0 saturated heterocycles. The van der Waals surface area contributed by atoms with Gasteiger partial charge in [0.15, 0.2) is 0 Å². The van der Waals surface area contributed by atoms with Gasteiger partial charge >= 0.3 is 5.88 Å². The number of nitro groups is 1. The SMILES string of the molecule is CCCCc1c([N+](=O)[O-])oc2ccc3ccccc3c12. The van der Waals surface area contributed by atoms with E-state index in [0.29, 0.717) is 12.0 Å². The molecular formula is C16H15NO3. The van der Waals surface area contributed by atoms with Gasteiger partial charge in [0.2, 0.25) is 0 Å². The predicted octanol–water partition coefficient (Wildman–Crippen LogP) is 4.84. The van der Waals surface area contributed by atoms with Crippen molar-refractivity contribution in [3.8, 4) is 0 Å². The molecule has 3 rings (SSSR count). The standard InChI is InChI=1S/C16H15NO3/c1-2-3-7-13-15-12-8-5-4-6-11(12)9-10-14(15)20-16(13)17(18)19/h4-6,8-10H,2-3,7H2,1H3. The first-order valence-corrected chi connectivity index (χ1v) is 6.80. The fourth-order valence-electron chi connectivity index (χ4n) is 2.65. The Kier molecular flexibility index (Phi) is 3.14. The first-order chi connectivity index (χ1) is 9.72. The molecule has 0 N–H and O–H groups in total. The molecule has 0 spiro atoms. The Hall–Kier alpha value is -2.36. The van der Waals surface area contributed by atoms with Crippen LogP contribution in [0.25, 0.3) is 21.7 Å². The van der Waals surface area contributed by atoms with E-state index in [-0.39, 0.29) is 5.88 Å². The summed E-state index contributed by atoms with van der Waals surface area (Å²) in [6.07, 6.45) is 2.58. The van der Waals surface area contributed by atoms with Gasteiger partial charge in [0.1, 0.15) is 10.5 Å². The van der Waals surface area contributed by atoms with E-state index in [1.807, 2.05) is 36.4 Å². The summed E-state index contributed by atoms with van der Waals surface area (Å²) in [5.41, 5.74) is 1.32. The van der Waals surface area contributed by atoms with Crippen molar-refractivity contribution in [2.45, 2.75) is 26.2 Å². The number of hydrogen-bond acceptors (Lipinski definition) is 3. The van der Waals surface area contributed by atoms with Gasteiger partial charge in [0, 0.05) is 5.39 Å². The summed E-state index contributed by atoms with van der Waals surface area (Å²) in [4.78, 5) is 10.8. The Bertz CT molecular complexity index is 789. The van der Waals surface area contributed by atoms with Crippen LogP contribution in [0.1, 0.15) is 25.3 Å². The van der Waals surface area contributed by atoms with Crippen molar-refractivity contribution in [2.24, 2.45) is 0 Å². The summed E-state index contributed by atoms with van der Waals surface area (Å²) in [5, 5.41) is 14.2. The van der Waals surface area contributed by atoms with E-state index in [9.17, 15) is 10.1 Å². The van der Waals surface area contributed by atoms with Gasteiger partial charge in [-0.05, 0) is 29.7 Å². The number of furan rings is 1. The van der Waals surface area contributed by atoms with E-state index < -0.39 is 4.92 Å². The summed E-state index contributed by atoms with van der Waals surface area (Å²) in [7, 11) is 0. The van der Waals surface area contributed by atoms with Gasteiger partial charge in [-0.2, -0.15) is 0 Å². The summed E-state index contributed by atoms with van der Waals surface area (Å²) in [6, 6.07) is 11.7. The molecule has 102 valence electrons. The van der Waals surface area contributed by atoms with Crippen molar-refractivity contribution in [2.75, 3.05) is 0 Å². The van der Waals surface area contributed by atoms with Crippen LogP contribution in [0.3, 0.4) is 0 Å². The smallest absolute Gasteiger partial charge is 0.400 e. The van der Waals surface area contributed by atoms with E-state index in [0.717, 1.165) is 34.6 Å². The third-order valence-electron chi connectivity index (χ3n) is 3.60. The molecule has 2 aromatic carbocycles. The van der Waals surface area contributed by atoms with Crippen molar-refractivity contribution in [3.63, 3.8) is 0 Å². The van der Waals surface area contributed by atoms with E-state index in [1.54, 1.807) is 0 Å². The monoisotopic (exact) mass is 269 g/mol. The normalized spacial score (nSPS) is 11.2. The zero-order chi connectivity index (χ0) is 14.1. The lowest BCUT2D eigenvalue weighted by molar-refractivity contribution is -0.402. The average Bonchev–Trinajstić information content (AvgIpc) is 2.84. The minimum absolute atomic E-state index is 0.107. The largest absolute Gasteiger partial charge is 0.437 e. The Balaban J connectivity index is 2.36. The maximum Gasteiger partial charge on any atom is 0.437 e. The summed E-state index contributed by atoms with van der Waals surface area (Å²) >= 11 is 0. The molecule has 0 radical (unpaired) electrons. The molecule has 0 amide bonds. The molecular weight excluding hydrogens is 254 g/mol. The summed E-state index contributed by atoms with van der Waals surface area (Å²) < 4.78 is 5.47. The van der Waals surface area contributed by atoms with Crippen LogP contribution in [0.5, 0.6) is 0 Å². The third-order valence-corrected chi connectivity index (χ3v) is 3.60. The Labute approximate surface area is 116 Å². The molecule has 0 saturated carbocycles. The molecule has 0 aliphatic rings. The lowest BCUT2D eigenvalue weighted by Gasteiger charge is -2.00. The topological polar surface area (TPSA) is 56.3 Å². The molecule has 0 fully saturated rings. The van der Waals surface area contributed by atoms with Crippen LogP contribution < -0.4 is 0 Å². The average molecular weight is 269 g/mol. The second-order valence-electron chi connectivity index (χ2n) is 4.91. The van der Waals surface area contributed by atoms with Gasteiger partial charge in [0.05, 0.1) is 5.56 Å². The van der Waals surface area contributed by atoms with Gasteiger partial charge in [-0.1, -0.05) is 43.7 Å². The van der Waals surface area contributed by atoms with E-state index >= 15 is 0 Å². The van der Waals surface area contributed by atoms with Crippen LogP contribution in [0.4, 0.5) is 5.88 Å². The predicted molar refractivity (Wildman–Crippen MR) is 79.0 cm³/mol. The van der Waals surface area contributed by atoms with Crippen LogP contribution in [0.15, 0.2) is 40.8 Å². The minimum atomic E-state index is -0.417. The number of unbranched alkanes of at least 4 members (excludes halogenated alkanes) is 1. The molecule has 0 atom stereocenters. The molecule has 4 nitrogen and oxygen atoms in total. The Morgan fingerprint density at radius 2 is 2.00 bits per heavy atom. The maximum absolute atomic E-state index is 11.2. The first-order valence-electron chi connectivity index (χ1n) is 6.80. The van der Waals surface area contributed by atoms with Crippen molar-refractivity contribution in [3.05, 3.63) is 52.1 Å². The molecule has 0 bridgehead atoms. The third kappa shape index (κ3) is 1.93. The maximum atomic E-state index is 11.2. The molecule has 4 heteroatoms. The Morgan fingerprint density at radius 1 is 1.20 bits per heavy atom. The fraction of sp³-hybridized carbons (Fsp3) is 0.250. The summed E-state index contributed by atoms with van der Waals surface area (Å²) in [6.45, 7) is 2.08. The minimum Gasteiger partial charge on any atom is -0.400 e. The lowest BCUT2D eigenvalue weighted by atomic mass is 10.0. The van der Waals surface area contributed by atoms with Gasteiger partial charge in [-0.15, -0.1) is 0 Å². The highest BCUT2D eigenvalue weighted by Gasteiger charge is 2.24. The number of benzene rings is 2. The molecule has 0 aliphatic carbocycles. The van der Waals surface area contributed by atoms with Crippen molar-refractivity contribution in [1.82, 2.24) is 0 Å². The van der Waals surface area contributed by atoms with E-state index in [2.05, 4.69) is 6.92 Å². The first kappa shape index (κ1) is 12.7. The van der Waals surface area contributed by atoms with Gasteiger partial charge in [0.25, 0.3) is 0 Å². The Morgan fingerprint density at radius 3 is 2.75 bits per heavy atom. The van der Waals surface area contributed by atoms with Gasteiger partial charge < -0.3 is 4.42 Å². The van der Waals surface area contributed by atoms with Crippen LogP contribution in [0, 0.1) is 10.1 Å². The van der Waals surface area contributed by atoms with Crippen LogP contribution in [0.2, 0.25) is 0 Å². The molecule has 20 heavy (non-hydrogen) atoms. The molecule has 0 aliphatic heterocycles. The van der Waals surface area contributed by atoms with Gasteiger partial charge in [-0.3, -0.25) is 10.1 Å².